The zero-order valence-electron chi connectivity index (χ0n) is 11.6. The van der Waals surface area contributed by atoms with Crippen LogP contribution < -0.4 is 0 Å². The minimum atomic E-state index is -1.95. The number of rotatable bonds is 6. The Morgan fingerprint density at radius 1 is 1.18 bits per heavy atom. The topological polar surface area (TPSA) is 31.0 Å². The van der Waals surface area contributed by atoms with Crippen LogP contribution in [0.4, 0.5) is 0 Å². The van der Waals surface area contributed by atoms with E-state index in [-0.39, 0.29) is 0 Å². The van der Waals surface area contributed by atoms with E-state index in [2.05, 4.69) is 13.8 Å². The van der Waals surface area contributed by atoms with E-state index in [9.17, 15) is 0 Å². The lowest BCUT2D eigenvalue weighted by Crippen LogP contribution is -2.43. The maximum absolute atomic E-state index is 5.76. The van der Waals surface area contributed by atoms with Gasteiger partial charge in [0, 0.05) is 14.2 Å². The number of fused-ring (bicyclic) bond motifs is 1. The van der Waals surface area contributed by atoms with Crippen molar-refractivity contribution in [2.24, 2.45) is 5.92 Å². The molecule has 0 aromatic rings. The largest absolute Gasteiger partial charge is 0.397 e. The molecule has 2 fully saturated rings. The van der Waals surface area contributed by atoms with Crippen LogP contribution in [-0.4, -0.2) is 35.0 Å². The number of hydrogen-bond acceptors (Lipinski definition) is 3. The summed E-state index contributed by atoms with van der Waals surface area (Å²) in [5.74, 6) is 0.828. The van der Waals surface area contributed by atoms with Gasteiger partial charge in [-0.15, -0.1) is 0 Å². The molecular formula is C13H26O3Si. The van der Waals surface area contributed by atoms with E-state index in [1.54, 1.807) is 0 Å². The van der Waals surface area contributed by atoms with E-state index in [0.29, 0.717) is 17.7 Å². The lowest BCUT2D eigenvalue weighted by atomic mass is 9.88. The predicted octanol–water partition coefficient (Wildman–Crippen LogP) is 3.09. The van der Waals surface area contributed by atoms with Gasteiger partial charge in [-0.05, 0) is 43.2 Å². The lowest BCUT2D eigenvalue weighted by Gasteiger charge is -2.32. The molecule has 0 spiro atoms. The Hall–Kier alpha value is 0.0969. The maximum atomic E-state index is 5.76. The quantitative estimate of drug-likeness (QED) is 0.542. The summed E-state index contributed by atoms with van der Waals surface area (Å²) in [5, 5.41) is 0. The minimum Gasteiger partial charge on any atom is -0.397 e. The van der Waals surface area contributed by atoms with Gasteiger partial charge >= 0.3 is 8.56 Å². The molecule has 1 aliphatic heterocycles. The third-order valence-corrected chi connectivity index (χ3v) is 8.71. The van der Waals surface area contributed by atoms with Crippen LogP contribution in [0.5, 0.6) is 0 Å². The predicted molar refractivity (Wildman–Crippen MR) is 70.3 cm³/mol. The van der Waals surface area contributed by atoms with E-state index in [1.807, 2.05) is 14.2 Å². The second kappa shape index (κ2) is 5.39. The van der Waals surface area contributed by atoms with E-state index in [0.717, 1.165) is 12.0 Å². The summed E-state index contributed by atoms with van der Waals surface area (Å²) in [7, 11) is 1.68. The second-order valence-electron chi connectivity index (χ2n) is 5.81. The van der Waals surface area contributed by atoms with Crippen molar-refractivity contribution in [3.8, 4) is 0 Å². The number of epoxide rings is 1. The molecule has 0 radical (unpaired) electrons. The molecule has 2 rings (SSSR count). The van der Waals surface area contributed by atoms with Crippen molar-refractivity contribution < 1.29 is 13.6 Å². The van der Waals surface area contributed by atoms with Gasteiger partial charge in [0.05, 0.1) is 12.2 Å². The monoisotopic (exact) mass is 258 g/mol. The highest BCUT2D eigenvalue weighted by Gasteiger charge is 2.45. The van der Waals surface area contributed by atoms with E-state index in [4.69, 9.17) is 13.6 Å². The van der Waals surface area contributed by atoms with Crippen LogP contribution in [0.1, 0.15) is 39.5 Å². The number of hydrogen-bond donors (Lipinski definition) is 0. The van der Waals surface area contributed by atoms with Gasteiger partial charge in [0.15, 0.2) is 0 Å². The minimum absolute atomic E-state index is 0.519. The molecule has 0 bridgehead atoms. The van der Waals surface area contributed by atoms with Crippen LogP contribution in [0.2, 0.25) is 11.6 Å². The first-order valence-corrected chi connectivity index (χ1v) is 8.97. The summed E-state index contributed by atoms with van der Waals surface area (Å²) in [6, 6.07) is 1.12. The summed E-state index contributed by atoms with van der Waals surface area (Å²) < 4.78 is 17.1. The molecule has 1 aliphatic carbocycles. The summed E-state index contributed by atoms with van der Waals surface area (Å²) >= 11 is 0. The van der Waals surface area contributed by atoms with Crippen molar-refractivity contribution >= 4 is 8.56 Å². The summed E-state index contributed by atoms with van der Waals surface area (Å²) in [6.45, 7) is 4.44. The molecule has 1 heterocycles. The highest BCUT2D eigenvalue weighted by molar-refractivity contribution is 6.68. The van der Waals surface area contributed by atoms with Gasteiger partial charge < -0.3 is 13.6 Å². The summed E-state index contributed by atoms with van der Waals surface area (Å²) in [4.78, 5) is 0. The fraction of sp³-hybridized carbons (Fsp3) is 1.00. The molecule has 4 heteroatoms. The fourth-order valence-electron chi connectivity index (χ4n) is 3.20. The third kappa shape index (κ3) is 2.92. The first-order chi connectivity index (χ1) is 8.11. The van der Waals surface area contributed by atoms with E-state index < -0.39 is 8.56 Å². The van der Waals surface area contributed by atoms with Crippen molar-refractivity contribution in [2.75, 3.05) is 14.2 Å². The summed E-state index contributed by atoms with van der Waals surface area (Å²) in [6.07, 6.45) is 6.32. The molecule has 0 aromatic heterocycles. The average molecular weight is 258 g/mol. The van der Waals surface area contributed by atoms with Gasteiger partial charge in [-0.1, -0.05) is 13.8 Å². The Labute approximate surface area is 106 Å². The molecule has 0 amide bonds. The summed E-state index contributed by atoms with van der Waals surface area (Å²) in [5.41, 5.74) is 0.519. The van der Waals surface area contributed by atoms with Crippen molar-refractivity contribution in [3.05, 3.63) is 0 Å². The first kappa shape index (κ1) is 13.5. The van der Waals surface area contributed by atoms with Gasteiger partial charge in [-0.3, -0.25) is 0 Å². The zero-order valence-corrected chi connectivity index (χ0v) is 12.6. The molecule has 0 aromatic carbocycles. The second-order valence-corrected chi connectivity index (χ2v) is 9.90. The average Bonchev–Trinajstić information content (AvgIpc) is 3.09. The van der Waals surface area contributed by atoms with Gasteiger partial charge in [-0.25, -0.2) is 0 Å². The molecule has 0 N–H and O–H groups in total. The van der Waals surface area contributed by atoms with Gasteiger partial charge in [0.25, 0.3) is 0 Å². The Bertz CT molecular complexity index is 253. The molecular weight excluding hydrogens is 232 g/mol. The van der Waals surface area contributed by atoms with Crippen molar-refractivity contribution in [2.45, 2.75) is 63.3 Å². The normalized spacial score (nSPS) is 32.6. The van der Waals surface area contributed by atoms with Crippen molar-refractivity contribution in [3.63, 3.8) is 0 Å². The smallest absolute Gasteiger partial charge is 0.340 e. The van der Waals surface area contributed by atoms with Crippen LogP contribution >= 0.6 is 0 Å². The molecule has 100 valence electrons. The highest BCUT2D eigenvalue weighted by atomic mass is 28.4. The van der Waals surface area contributed by atoms with Gasteiger partial charge in [0.2, 0.25) is 0 Å². The molecule has 3 nitrogen and oxygen atoms in total. The van der Waals surface area contributed by atoms with Gasteiger partial charge in [-0.2, -0.15) is 0 Å². The molecule has 2 aliphatic rings. The molecule has 1 saturated carbocycles. The Balaban J connectivity index is 1.82. The standard InChI is InChI=1S/C13H26O3Si/c1-10(2)17(14-3,15-4)8-7-11-5-6-12-13(9-11)16-12/h10-13H,5-9H2,1-4H3. The van der Waals surface area contributed by atoms with E-state index >= 15 is 0 Å². The first-order valence-electron chi connectivity index (χ1n) is 6.87. The molecule has 3 atom stereocenters. The van der Waals surface area contributed by atoms with Crippen LogP contribution in [0.25, 0.3) is 0 Å². The van der Waals surface area contributed by atoms with Crippen molar-refractivity contribution in [1.29, 1.82) is 0 Å². The van der Waals surface area contributed by atoms with Gasteiger partial charge in [0.1, 0.15) is 0 Å². The highest BCUT2D eigenvalue weighted by Crippen LogP contribution is 2.42. The Morgan fingerprint density at radius 3 is 2.41 bits per heavy atom. The number of ether oxygens (including phenoxy) is 1. The maximum Gasteiger partial charge on any atom is 0.340 e. The van der Waals surface area contributed by atoms with Crippen LogP contribution in [0.15, 0.2) is 0 Å². The van der Waals surface area contributed by atoms with Crippen LogP contribution in [0, 0.1) is 5.92 Å². The fourth-order valence-corrected chi connectivity index (χ4v) is 6.11. The van der Waals surface area contributed by atoms with Crippen molar-refractivity contribution in [1.82, 2.24) is 0 Å². The SMILES string of the molecule is CO[Si](CCC1CCC2OC2C1)(OC)C(C)C. The third-order valence-electron chi connectivity index (χ3n) is 4.58. The zero-order chi connectivity index (χ0) is 12.5. The van der Waals surface area contributed by atoms with Crippen LogP contribution in [0.3, 0.4) is 0 Å². The Kier molecular flexibility index (Phi) is 4.29. The lowest BCUT2D eigenvalue weighted by molar-refractivity contribution is 0.226. The molecule has 17 heavy (non-hydrogen) atoms. The molecule has 1 saturated heterocycles. The Morgan fingerprint density at radius 2 is 1.88 bits per heavy atom. The van der Waals surface area contributed by atoms with Crippen LogP contribution in [-0.2, 0) is 13.6 Å². The molecule has 3 unspecified atom stereocenters. The van der Waals surface area contributed by atoms with E-state index in [1.165, 1.54) is 25.7 Å².